The molecule has 126 valence electrons. The largest absolute Gasteiger partial charge is 0.454 e. The first-order chi connectivity index (χ1) is 11.6. The van der Waals surface area contributed by atoms with Gasteiger partial charge in [-0.1, -0.05) is 12.1 Å². The second-order valence-electron chi connectivity index (χ2n) is 6.14. The number of carbonyl (C=O) groups is 1. The molecule has 1 aromatic carbocycles. The SMILES string of the molecule is C[NH+](C)CC(=O)N(Cc1ccc2c(c1)OCO2)Cc1ccccn1. The first-order valence-corrected chi connectivity index (χ1v) is 7.97. The summed E-state index contributed by atoms with van der Waals surface area (Å²) in [4.78, 5) is 19.9. The van der Waals surface area contributed by atoms with Gasteiger partial charge >= 0.3 is 0 Å². The number of benzene rings is 1. The molecule has 0 aliphatic carbocycles. The number of ether oxygens (including phenoxy) is 2. The number of nitrogens with zero attached hydrogens (tertiary/aromatic N) is 2. The van der Waals surface area contributed by atoms with Crippen molar-refractivity contribution in [3.63, 3.8) is 0 Å². The maximum atomic E-state index is 12.6. The number of carbonyl (C=O) groups excluding carboxylic acids is 1. The van der Waals surface area contributed by atoms with E-state index in [-0.39, 0.29) is 12.7 Å². The van der Waals surface area contributed by atoms with Gasteiger partial charge in [-0.25, -0.2) is 0 Å². The third-order valence-corrected chi connectivity index (χ3v) is 3.75. The fourth-order valence-corrected chi connectivity index (χ4v) is 2.59. The molecule has 0 saturated heterocycles. The fraction of sp³-hybridized carbons (Fsp3) is 0.333. The van der Waals surface area contributed by atoms with E-state index in [1.165, 1.54) is 0 Å². The lowest BCUT2D eigenvalue weighted by Crippen LogP contribution is -3.07. The maximum Gasteiger partial charge on any atom is 0.278 e. The standard InChI is InChI=1S/C18H21N3O3/c1-20(2)12-18(22)21(11-15-5-3-4-8-19-15)10-14-6-7-16-17(9-14)24-13-23-16/h3-9H,10-13H2,1-2H3/p+1. The molecule has 1 amide bonds. The normalized spacial score (nSPS) is 12.5. The van der Waals surface area contributed by atoms with E-state index < -0.39 is 0 Å². The van der Waals surface area contributed by atoms with Gasteiger partial charge in [0.15, 0.2) is 18.0 Å². The number of aromatic nitrogens is 1. The van der Waals surface area contributed by atoms with Crippen molar-refractivity contribution in [1.82, 2.24) is 9.88 Å². The number of quaternary nitrogens is 1. The van der Waals surface area contributed by atoms with E-state index in [9.17, 15) is 4.79 Å². The van der Waals surface area contributed by atoms with E-state index in [2.05, 4.69) is 4.98 Å². The first-order valence-electron chi connectivity index (χ1n) is 7.97. The van der Waals surface area contributed by atoms with Crippen LogP contribution in [0.2, 0.25) is 0 Å². The molecular formula is C18H22N3O3+. The smallest absolute Gasteiger partial charge is 0.278 e. The molecule has 0 radical (unpaired) electrons. The highest BCUT2D eigenvalue weighted by Crippen LogP contribution is 2.32. The van der Waals surface area contributed by atoms with Crippen LogP contribution in [0.5, 0.6) is 11.5 Å². The number of hydrogen-bond donors (Lipinski definition) is 1. The summed E-state index contributed by atoms with van der Waals surface area (Å²) in [6.45, 7) is 1.69. The average molecular weight is 328 g/mol. The summed E-state index contributed by atoms with van der Waals surface area (Å²) in [6.07, 6.45) is 1.75. The fourth-order valence-electron chi connectivity index (χ4n) is 2.59. The van der Waals surface area contributed by atoms with E-state index in [4.69, 9.17) is 9.47 Å². The highest BCUT2D eigenvalue weighted by Gasteiger charge is 2.20. The van der Waals surface area contributed by atoms with E-state index >= 15 is 0 Å². The average Bonchev–Trinajstić information content (AvgIpc) is 3.02. The number of pyridine rings is 1. The summed E-state index contributed by atoms with van der Waals surface area (Å²) in [5.41, 5.74) is 1.89. The number of hydrogen-bond acceptors (Lipinski definition) is 4. The zero-order chi connectivity index (χ0) is 16.9. The van der Waals surface area contributed by atoms with Crippen molar-refractivity contribution in [2.45, 2.75) is 13.1 Å². The monoisotopic (exact) mass is 328 g/mol. The van der Waals surface area contributed by atoms with Crippen LogP contribution in [0.25, 0.3) is 0 Å². The van der Waals surface area contributed by atoms with Crippen LogP contribution < -0.4 is 14.4 Å². The van der Waals surface area contributed by atoms with Crippen molar-refractivity contribution < 1.29 is 19.2 Å². The molecule has 1 aliphatic heterocycles. The summed E-state index contributed by atoms with van der Waals surface area (Å²) in [7, 11) is 3.94. The van der Waals surface area contributed by atoms with Gasteiger partial charge in [0.1, 0.15) is 0 Å². The predicted molar refractivity (Wildman–Crippen MR) is 88.7 cm³/mol. The summed E-state index contributed by atoms with van der Waals surface area (Å²) in [6, 6.07) is 11.5. The van der Waals surface area contributed by atoms with Crippen molar-refractivity contribution in [3.8, 4) is 11.5 Å². The number of nitrogens with one attached hydrogen (secondary N) is 1. The van der Waals surface area contributed by atoms with E-state index in [1.54, 1.807) is 6.20 Å². The van der Waals surface area contributed by atoms with Crippen LogP contribution >= 0.6 is 0 Å². The molecule has 0 fully saturated rings. The summed E-state index contributed by atoms with van der Waals surface area (Å²) >= 11 is 0. The number of amides is 1. The van der Waals surface area contributed by atoms with Gasteiger partial charge in [-0.05, 0) is 29.8 Å². The van der Waals surface area contributed by atoms with Crippen molar-refractivity contribution in [2.24, 2.45) is 0 Å². The lowest BCUT2D eigenvalue weighted by atomic mass is 10.1. The van der Waals surface area contributed by atoms with Crippen LogP contribution in [0.1, 0.15) is 11.3 Å². The Kier molecular flexibility index (Phi) is 4.96. The van der Waals surface area contributed by atoms with Gasteiger partial charge in [-0.2, -0.15) is 0 Å². The number of likely N-dealkylation sites (N-methyl/N-ethyl adjacent to an activating group) is 1. The zero-order valence-electron chi connectivity index (χ0n) is 14.0. The topological polar surface area (TPSA) is 56.1 Å². The number of fused-ring (bicyclic) bond motifs is 1. The second-order valence-corrected chi connectivity index (χ2v) is 6.14. The molecule has 2 aromatic rings. The van der Waals surface area contributed by atoms with E-state index in [0.29, 0.717) is 19.6 Å². The minimum atomic E-state index is 0.0957. The molecule has 6 heteroatoms. The van der Waals surface area contributed by atoms with E-state index in [0.717, 1.165) is 27.7 Å². The van der Waals surface area contributed by atoms with Crippen molar-refractivity contribution >= 4 is 5.91 Å². The third kappa shape index (κ3) is 4.02. The Balaban J connectivity index is 1.77. The van der Waals surface area contributed by atoms with E-state index in [1.807, 2.05) is 55.4 Å². The second kappa shape index (κ2) is 7.31. The Morgan fingerprint density at radius 3 is 2.75 bits per heavy atom. The Labute approximate surface area is 141 Å². The molecule has 0 unspecified atom stereocenters. The molecule has 1 aromatic heterocycles. The Bertz CT molecular complexity index is 704. The first kappa shape index (κ1) is 16.3. The molecule has 1 N–H and O–H groups in total. The molecule has 0 atom stereocenters. The van der Waals surface area contributed by atoms with Gasteiger partial charge < -0.3 is 19.3 Å². The summed E-state index contributed by atoms with van der Waals surface area (Å²) in [5, 5.41) is 0. The van der Waals surface area contributed by atoms with Crippen LogP contribution in [0.15, 0.2) is 42.6 Å². The van der Waals surface area contributed by atoms with Crippen molar-refractivity contribution in [1.29, 1.82) is 0 Å². The van der Waals surface area contributed by atoms with Crippen LogP contribution in [-0.2, 0) is 17.9 Å². The molecule has 0 saturated carbocycles. The predicted octanol–water partition coefficient (Wildman–Crippen LogP) is 0.484. The molecule has 0 bridgehead atoms. The van der Waals surface area contributed by atoms with Crippen LogP contribution in [0.3, 0.4) is 0 Å². The Hall–Kier alpha value is -2.60. The van der Waals surface area contributed by atoms with Gasteiger partial charge in [0, 0.05) is 12.7 Å². The molecule has 3 rings (SSSR count). The number of rotatable bonds is 6. The highest BCUT2D eigenvalue weighted by atomic mass is 16.7. The van der Waals surface area contributed by atoms with Crippen LogP contribution in [-0.4, -0.2) is 43.2 Å². The molecule has 24 heavy (non-hydrogen) atoms. The maximum absolute atomic E-state index is 12.6. The minimum Gasteiger partial charge on any atom is -0.454 e. The van der Waals surface area contributed by atoms with Crippen molar-refractivity contribution in [3.05, 3.63) is 53.9 Å². The molecule has 0 spiro atoms. The minimum absolute atomic E-state index is 0.0957. The highest BCUT2D eigenvalue weighted by molar-refractivity contribution is 5.77. The van der Waals surface area contributed by atoms with Gasteiger partial charge in [0.25, 0.3) is 5.91 Å². The van der Waals surface area contributed by atoms with Gasteiger partial charge in [0.2, 0.25) is 6.79 Å². The van der Waals surface area contributed by atoms with Crippen LogP contribution in [0.4, 0.5) is 0 Å². The zero-order valence-corrected chi connectivity index (χ0v) is 14.0. The quantitative estimate of drug-likeness (QED) is 0.838. The Morgan fingerprint density at radius 1 is 1.17 bits per heavy atom. The van der Waals surface area contributed by atoms with Gasteiger partial charge in [0.05, 0.1) is 26.3 Å². The molecule has 1 aliphatic rings. The van der Waals surface area contributed by atoms with Crippen LogP contribution in [0, 0.1) is 0 Å². The van der Waals surface area contributed by atoms with Crippen molar-refractivity contribution in [2.75, 3.05) is 27.4 Å². The van der Waals surface area contributed by atoms with Gasteiger partial charge in [-0.15, -0.1) is 0 Å². The molecule has 6 nitrogen and oxygen atoms in total. The van der Waals surface area contributed by atoms with Gasteiger partial charge in [-0.3, -0.25) is 9.78 Å². The lowest BCUT2D eigenvalue weighted by molar-refractivity contribution is -0.849. The Morgan fingerprint density at radius 2 is 2.00 bits per heavy atom. The summed E-state index contributed by atoms with van der Waals surface area (Å²) in [5.74, 6) is 1.58. The molecule has 2 heterocycles. The molecular weight excluding hydrogens is 306 g/mol. The summed E-state index contributed by atoms with van der Waals surface area (Å²) < 4.78 is 10.8. The third-order valence-electron chi connectivity index (χ3n) is 3.75. The lowest BCUT2D eigenvalue weighted by Gasteiger charge is -2.23.